The second-order valence-corrected chi connectivity index (χ2v) is 10.1. The van der Waals surface area contributed by atoms with Gasteiger partial charge < -0.3 is 5.32 Å². The minimum Gasteiger partial charge on any atom is -0.354 e. The van der Waals surface area contributed by atoms with Gasteiger partial charge in [-0.25, -0.2) is 18.4 Å². The molecule has 0 atom stereocenters. The quantitative estimate of drug-likeness (QED) is 0.479. The molecule has 2 heterocycles. The SMILES string of the molecule is Cc1ccc(S(=O)(=O)N2CC(CNc3nccc(-c4ccc5ccccc5c4)n3)C2)cc1. The van der Waals surface area contributed by atoms with Crippen LogP contribution in [0.25, 0.3) is 22.0 Å². The number of anilines is 1. The molecule has 5 rings (SSSR count). The third-order valence-corrected chi connectivity index (χ3v) is 7.68. The van der Waals surface area contributed by atoms with E-state index in [-0.39, 0.29) is 5.92 Å². The van der Waals surface area contributed by atoms with Gasteiger partial charge in [0.25, 0.3) is 0 Å². The highest BCUT2D eigenvalue weighted by Gasteiger charge is 2.36. The van der Waals surface area contributed by atoms with Crippen LogP contribution >= 0.6 is 0 Å². The van der Waals surface area contributed by atoms with E-state index in [1.165, 1.54) is 15.1 Å². The van der Waals surface area contributed by atoms with Gasteiger partial charge in [0.05, 0.1) is 10.6 Å². The van der Waals surface area contributed by atoms with Crippen molar-refractivity contribution in [3.63, 3.8) is 0 Å². The van der Waals surface area contributed by atoms with Gasteiger partial charge in [-0.05, 0) is 42.0 Å². The summed E-state index contributed by atoms with van der Waals surface area (Å²) in [5.74, 6) is 0.777. The Labute approximate surface area is 188 Å². The van der Waals surface area contributed by atoms with E-state index in [0.717, 1.165) is 16.8 Å². The van der Waals surface area contributed by atoms with E-state index in [0.29, 0.717) is 30.5 Å². The first-order valence-corrected chi connectivity index (χ1v) is 12.1. The molecule has 0 amide bonds. The van der Waals surface area contributed by atoms with E-state index >= 15 is 0 Å². The number of benzene rings is 3. The zero-order chi connectivity index (χ0) is 22.1. The minimum absolute atomic E-state index is 0.225. The van der Waals surface area contributed by atoms with Crippen LogP contribution in [0.4, 0.5) is 5.95 Å². The molecule has 0 aliphatic carbocycles. The lowest BCUT2D eigenvalue weighted by molar-refractivity contribution is 0.211. The van der Waals surface area contributed by atoms with Crippen LogP contribution in [0, 0.1) is 12.8 Å². The summed E-state index contributed by atoms with van der Waals surface area (Å²) < 4.78 is 27.0. The highest BCUT2D eigenvalue weighted by molar-refractivity contribution is 7.89. The highest BCUT2D eigenvalue weighted by atomic mass is 32.2. The van der Waals surface area contributed by atoms with Crippen molar-refractivity contribution in [1.82, 2.24) is 14.3 Å². The molecule has 162 valence electrons. The molecule has 1 aromatic heterocycles. The van der Waals surface area contributed by atoms with E-state index in [1.54, 1.807) is 18.3 Å². The summed E-state index contributed by atoms with van der Waals surface area (Å²) in [6.45, 7) is 3.56. The summed E-state index contributed by atoms with van der Waals surface area (Å²) >= 11 is 0. The molecular formula is C25H24N4O2S. The Morgan fingerprint density at radius 2 is 1.72 bits per heavy atom. The lowest BCUT2D eigenvalue weighted by atomic mass is 10.0. The topological polar surface area (TPSA) is 75.2 Å². The number of fused-ring (bicyclic) bond motifs is 1. The lowest BCUT2D eigenvalue weighted by Crippen LogP contribution is -2.52. The van der Waals surface area contributed by atoms with Crippen LogP contribution in [0.1, 0.15) is 5.56 Å². The standard InChI is InChI=1S/C25H24N4O2S/c1-18-6-10-23(11-7-18)32(30,31)29-16-19(17-29)15-27-25-26-13-12-24(28-25)22-9-8-20-4-2-3-5-21(20)14-22/h2-14,19H,15-17H2,1H3,(H,26,27,28). The van der Waals surface area contributed by atoms with Crippen molar-refractivity contribution in [2.75, 3.05) is 25.0 Å². The molecule has 0 saturated carbocycles. The van der Waals surface area contributed by atoms with Crippen LogP contribution in [0.3, 0.4) is 0 Å². The molecule has 0 bridgehead atoms. The summed E-state index contributed by atoms with van der Waals surface area (Å²) in [6, 6.07) is 23.4. The van der Waals surface area contributed by atoms with E-state index in [2.05, 4.69) is 45.6 Å². The normalized spacial score (nSPS) is 14.9. The van der Waals surface area contributed by atoms with Gasteiger partial charge in [-0.3, -0.25) is 0 Å². The van der Waals surface area contributed by atoms with E-state index < -0.39 is 10.0 Å². The average molecular weight is 445 g/mol. The summed E-state index contributed by atoms with van der Waals surface area (Å²) in [6.07, 6.45) is 1.74. The maximum atomic E-state index is 12.7. The second-order valence-electron chi connectivity index (χ2n) is 8.21. The number of nitrogens with one attached hydrogen (secondary N) is 1. The maximum absolute atomic E-state index is 12.7. The fourth-order valence-electron chi connectivity index (χ4n) is 3.90. The Balaban J connectivity index is 1.21. The highest BCUT2D eigenvalue weighted by Crippen LogP contribution is 2.26. The summed E-state index contributed by atoms with van der Waals surface area (Å²) in [5, 5.41) is 5.63. The van der Waals surface area contributed by atoms with Gasteiger partial charge >= 0.3 is 0 Å². The van der Waals surface area contributed by atoms with Crippen LogP contribution in [-0.2, 0) is 10.0 Å². The molecule has 1 saturated heterocycles. The van der Waals surface area contributed by atoms with Crippen LogP contribution in [0.2, 0.25) is 0 Å². The molecule has 6 nitrogen and oxygen atoms in total. The van der Waals surface area contributed by atoms with Crippen molar-refractivity contribution in [2.24, 2.45) is 5.92 Å². The number of sulfonamides is 1. The van der Waals surface area contributed by atoms with Crippen molar-refractivity contribution in [2.45, 2.75) is 11.8 Å². The molecule has 0 radical (unpaired) electrons. The van der Waals surface area contributed by atoms with Crippen molar-refractivity contribution in [3.8, 4) is 11.3 Å². The maximum Gasteiger partial charge on any atom is 0.243 e. The monoisotopic (exact) mass is 444 g/mol. The van der Waals surface area contributed by atoms with E-state index in [9.17, 15) is 8.42 Å². The van der Waals surface area contributed by atoms with Gasteiger partial charge in [-0.1, -0.05) is 54.1 Å². The largest absolute Gasteiger partial charge is 0.354 e. The number of hydrogen-bond acceptors (Lipinski definition) is 5. The third-order valence-electron chi connectivity index (χ3n) is 5.83. The zero-order valence-electron chi connectivity index (χ0n) is 17.8. The minimum atomic E-state index is -3.42. The molecule has 32 heavy (non-hydrogen) atoms. The predicted octanol–water partition coefficient (Wildman–Crippen LogP) is 4.34. The second kappa shape index (κ2) is 8.33. The first kappa shape index (κ1) is 20.6. The lowest BCUT2D eigenvalue weighted by Gasteiger charge is -2.38. The number of aromatic nitrogens is 2. The predicted molar refractivity (Wildman–Crippen MR) is 127 cm³/mol. The summed E-state index contributed by atoms with van der Waals surface area (Å²) in [7, 11) is -3.42. The fourth-order valence-corrected chi connectivity index (χ4v) is 5.49. The van der Waals surface area contributed by atoms with Crippen LogP contribution in [0.5, 0.6) is 0 Å². The van der Waals surface area contributed by atoms with Crippen LogP contribution < -0.4 is 5.32 Å². The fraction of sp³-hybridized carbons (Fsp3) is 0.200. The van der Waals surface area contributed by atoms with Crippen molar-refractivity contribution in [3.05, 3.63) is 84.6 Å². The summed E-state index contributed by atoms with van der Waals surface area (Å²) in [4.78, 5) is 9.32. The Bertz CT molecular complexity index is 1360. The first-order valence-electron chi connectivity index (χ1n) is 10.6. The van der Waals surface area contributed by atoms with Gasteiger partial charge in [0.1, 0.15) is 0 Å². The van der Waals surface area contributed by atoms with Gasteiger partial charge in [0, 0.05) is 37.3 Å². The molecule has 3 aromatic carbocycles. The molecule has 1 aliphatic heterocycles. The van der Waals surface area contributed by atoms with Crippen molar-refractivity contribution in [1.29, 1.82) is 0 Å². The van der Waals surface area contributed by atoms with Crippen molar-refractivity contribution >= 4 is 26.7 Å². The Kier molecular flexibility index (Phi) is 5.36. The molecule has 7 heteroatoms. The average Bonchev–Trinajstić information content (AvgIpc) is 2.78. The molecular weight excluding hydrogens is 420 g/mol. The van der Waals surface area contributed by atoms with E-state index in [1.807, 2.05) is 37.3 Å². The summed E-state index contributed by atoms with van der Waals surface area (Å²) in [5.41, 5.74) is 2.93. The zero-order valence-corrected chi connectivity index (χ0v) is 18.6. The smallest absolute Gasteiger partial charge is 0.243 e. The Hall–Kier alpha value is -3.29. The van der Waals surface area contributed by atoms with Gasteiger partial charge in [0.15, 0.2) is 0 Å². The Morgan fingerprint density at radius 1 is 0.969 bits per heavy atom. The van der Waals surface area contributed by atoms with Crippen LogP contribution in [0.15, 0.2) is 83.9 Å². The van der Waals surface area contributed by atoms with Gasteiger partial charge in [0.2, 0.25) is 16.0 Å². The molecule has 1 aliphatic rings. The number of nitrogens with zero attached hydrogens (tertiary/aromatic N) is 3. The molecule has 0 unspecified atom stereocenters. The molecule has 1 fully saturated rings. The number of rotatable bonds is 6. The third kappa shape index (κ3) is 4.09. The first-order chi connectivity index (χ1) is 15.5. The van der Waals surface area contributed by atoms with Crippen molar-refractivity contribution < 1.29 is 8.42 Å². The molecule has 0 spiro atoms. The number of hydrogen-bond donors (Lipinski definition) is 1. The van der Waals surface area contributed by atoms with E-state index in [4.69, 9.17) is 0 Å². The molecule has 4 aromatic rings. The molecule has 1 N–H and O–H groups in total. The Morgan fingerprint density at radius 3 is 2.50 bits per heavy atom. The van der Waals surface area contributed by atoms with Gasteiger partial charge in [-0.2, -0.15) is 4.31 Å². The van der Waals surface area contributed by atoms with Gasteiger partial charge in [-0.15, -0.1) is 0 Å². The number of aryl methyl sites for hydroxylation is 1. The van der Waals surface area contributed by atoms with Crippen LogP contribution in [-0.4, -0.2) is 42.3 Å².